The lowest BCUT2D eigenvalue weighted by Gasteiger charge is -2.09. The largest absolute Gasteiger partial charge is 0.363 e. The summed E-state index contributed by atoms with van der Waals surface area (Å²) >= 11 is 0. The van der Waals surface area contributed by atoms with Crippen molar-refractivity contribution < 1.29 is 0 Å². The van der Waals surface area contributed by atoms with Gasteiger partial charge < -0.3 is 5.32 Å². The Morgan fingerprint density at radius 2 is 1.92 bits per heavy atom. The molecule has 4 rings (SSSR count). The molecule has 130 valence electrons. The summed E-state index contributed by atoms with van der Waals surface area (Å²) in [5.74, 6) is 1.46. The van der Waals surface area contributed by atoms with Crippen molar-refractivity contribution in [3.05, 3.63) is 47.5 Å². The van der Waals surface area contributed by atoms with Gasteiger partial charge in [0, 0.05) is 11.9 Å². The van der Waals surface area contributed by atoms with Crippen molar-refractivity contribution in [2.24, 2.45) is 0 Å². The molecule has 0 aromatic carbocycles. The molecule has 1 aliphatic rings. The number of hydrogen-bond acceptors (Lipinski definition) is 5. The first-order valence-corrected chi connectivity index (χ1v) is 8.84. The van der Waals surface area contributed by atoms with Gasteiger partial charge >= 0.3 is 0 Å². The van der Waals surface area contributed by atoms with Crippen LogP contribution in [0.3, 0.4) is 0 Å². The minimum atomic E-state index is 0.577. The van der Waals surface area contributed by atoms with Gasteiger partial charge in [-0.15, -0.1) is 10.2 Å². The summed E-state index contributed by atoms with van der Waals surface area (Å²) in [6.45, 7) is 4.62. The van der Waals surface area contributed by atoms with Crippen LogP contribution in [0.1, 0.15) is 48.8 Å². The van der Waals surface area contributed by atoms with Gasteiger partial charge in [-0.3, -0.25) is 4.68 Å². The van der Waals surface area contributed by atoms with Crippen LogP contribution in [0.2, 0.25) is 0 Å². The second kappa shape index (κ2) is 6.66. The minimum absolute atomic E-state index is 0.577. The maximum Gasteiger partial charge on any atom is 0.176 e. The van der Waals surface area contributed by atoms with Gasteiger partial charge in [-0.1, -0.05) is 12.8 Å². The molecular weight excluding hydrogens is 314 g/mol. The summed E-state index contributed by atoms with van der Waals surface area (Å²) in [6, 6.07) is 8.52. The van der Waals surface area contributed by atoms with Crippen LogP contribution in [0.15, 0.2) is 30.5 Å². The van der Waals surface area contributed by atoms with Crippen LogP contribution in [-0.2, 0) is 6.54 Å². The van der Waals surface area contributed by atoms with E-state index in [2.05, 4.69) is 42.7 Å². The molecule has 1 N–H and O–H groups in total. The highest BCUT2D eigenvalue weighted by Gasteiger charge is 2.17. The van der Waals surface area contributed by atoms with Crippen molar-refractivity contribution in [1.29, 1.82) is 0 Å². The highest BCUT2D eigenvalue weighted by Crippen LogP contribution is 2.28. The zero-order valence-corrected chi connectivity index (χ0v) is 14.7. The predicted molar refractivity (Wildman–Crippen MR) is 95.7 cm³/mol. The van der Waals surface area contributed by atoms with Gasteiger partial charge in [0.05, 0.1) is 24.0 Å². The van der Waals surface area contributed by atoms with Gasteiger partial charge in [0.2, 0.25) is 0 Å². The van der Waals surface area contributed by atoms with E-state index in [0.717, 1.165) is 28.7 Å². The number of anilines is 1. The third-order valence-corrected chi connectivity index (χ3v) is 4.69. The Labute approximate surface area is 147 Å². The number of hydrogen-bond donors (Lipinski definition) is 1. The van der Waals surface area contributed by atoms with Gasteiger partial charge in [-0.2, -0.15) is 10.2 Å². The Morgan fingerprint density at radius 1 is 1.08 bits per heavy atom. The standard InChI is InChI=1S/C18H23N7/c1-13-11-14(2)25(22-13)18-8-7-17(20-21-18)19-12-15-9-10-24(23-15)16-5-3-4-6-16/h7-11,16H,3-6,12H2,1-2H3,(H,19,20). The molecule has 0 bridgehead atoms. The smallest absolute Gasteiger partial charge is 0.176 e. The molecule has 0 spiro atoms. The zero-order chi connectivity index (χ0) is 17.2. The predicted octanol–water partition coefficient (Wildman–Crippen LogP) is 3.20. The van der Waals surface area contributed by atoms with Gasteiger partial charge in [0.25, 0.3) is 0 Å². The molecule has 0 saturated heterocycles. The van der Waals surface area contributed by atoms with Crippen LogP contribution in [0.5, 0.6) is 0 Å². The molecule has 0 atom stereocenters. The van der Waals surface area contributed by atoms with E-state index in [1.54, 1.807) is 4.68 Å². The molecule has 3 aromatic rings. The topological polar surface area (TPSA) is 73.5 Å². The number of nitrogens with zero attached hydrogens (tertiary/aromatic N) is 6. The number of aromatic nitrogens is 6. The Kier molecular flexibility index (Phi) is 4.21. The van der Waals surface area contributed by atoms with Gasteiger partial charge in [-0.05, 0) is 51.0 Å². The third-order valence-electron chi connectivity index (χ3n) is 4.69. The van der Waals surface area contributed by atoms with E-state index in [-0.39, 0.29) is 0 Å². The second-order valence-corrected chi connectivity index (χ2v) is 6.69. The van der Waals surface area contributed by atoms with Crippen molar-refractivity contribution in [1.82, 2.24) is 29.8 Å². The molecule has 7 nitrogen and oxygen atoms in total. The Morgan fingerprint density at radius 3 is 2.60 bits per heavy atom. The van der Waals surface area contributed by atoms with E-state index >= 15 is 0 Å². The maximum absolute atomic E-state index is 4.68. The summed E-state index contributed by atoms with van der Waals surface area (Å²) in [6.07, 6.45) is 7.21. The van der Waals surface area contributed by atoms with Gasteiger partial charge in [0.1, 0.15) is 5.82 Å². The van der Waals surface area contributed by atoms with E-state index in [1.165, 1.54) is 25.7 Å². The summed E-state index contributed by atoms with van der Waals surface area (Å²) in [5.41, 5.74) is 3.04. The van der Waals surface area contributed by atoms with Crippen LogP contribution in [0.4, 0.5) is 5.82 Å². The van der Waals surface area contributed by atoms with Crippen LogP contribution in [-0.4, -0.2) is 29.8 Å². The zero-order valence-electron chi connectivity index (χ0n) is 14.7. The fourth-order valence-electron chi connectivity index (χ4n) is 3.42. The SMILES string of the molecule is Cc1cc(C)n(-c2ccc(NCc3ccn(C4CCCC4)n3)nn2)n1. The number of rotatable bonds is 5. The average Bonchev–Trinajstić information content (AvgIpc) is 3.34. The van der Waals surface area contributed by atoms with E-state index in [4.69, 9.17) is 0 Å². The summed E-state index contributed by atoms with van der Waals surface area (Å²) in [5, 5.41) is 20.9. The Bertz CT molecular complexity index is 841. The molecular formula is C18H23N7. The lowest BCUT2D eigenvalue weighted by molar-refractivity contribution is 0.463. The molecule has 1 aliphatic carbocycles. The monoisotopic (exact) mass is 337 g/mol. The summed E-state index contributed by atoms with van der Waals surface area (Å²) in [7, 11) is 0. The fraction of sp³-hybridized carbons (Fsp3) is 0.444. The van der Waals surface area contributed by atoms with E-state index < -0.39 is 0 Å². The first-order chi connectivity index (χ1) is 12.2. The molecule has 3 aromatic heterocycles. The van der Waals surface area contributed by atoms with E-state index in [1.807, 2.05) is 32.0 Å². The average molecular weight is 337 g/mol. The lowest BCUT2D eigenvalue weighted by Crippen LogP contribution is -2.08. The molecule has 7 heteroatoms. The van der Waals surface area contributed by atoms with Crippen molar-refractivity contribution in [2.75, 3.05) is 5.32 Å². The van der Waals surface area contributed by atoms with Gasteiger partial charge in [0.15, 0.2) is 5.82 Å². The molecule has 25 heavy (non-hydrogen) atoms. The molecule has 0 aliphatic heterocycles. The molecule has 3 heterocycles. The fourth-order valence-corrected chi connectivity index (χ4v) is 3.42. The normalized spacial score (nSPS) is 15.0. The van der Waals surface area contributed by atoms with Crippen LogP contribution < -0.4 is 5.32 Å². The molecule has 1 fully saturated rings. The highest BCUT2D eigenvalue weighted by atomic mass is 15.4. The Hall–Kier alpha value is -2.70. The van der Waals surface area contributed by atoms with E-state index in [9.17, 15) is 0 Å². The van der Waals surface area contributed by atoms with Crippen molar-refractivity contribution in [3.63, 3.8) is 0 Å². The van der Waals surface area contributed by atoms with E-state index in [0.29, 0.717) is 12.6 Å². The molecule has 1 saturated carbocycles. The number of aryl methyl sites for hydroxylation is 2. The quantitative estimate of drug-likeness (QED) is 0.774. The third kappa shape index (κ3) is 3.40. The lowest BCUT2D eigenvalue weighted by atomic mass is 10.3. The van der Waals surface area contributed by atoms with Crippen LogP contribution in [0, 0.1) is 13.8 Å². The van der Waals surface area contributed by atoms with Crippen LogP contribution >= 0.6 is 0 Å². The summed E-state index contributed by atoms with van der Waals surface area (Å²) < 4.78 is 3.91. The van der Waals surface area contributed by atoms with Crippen molar-refractivity contribution >= 4 is 5.82 Å². The highest BCUT2D eigenvalue weighted by molar-refractivity contribution is 5.37. The molecule has 0 unspecified atom stereocenters. The van der Waals surface area contributed by atoms with Crippen molar-refractivity contribution in [3.8, 4) is 5.82 Å². The van der Waals surface area contributed by atoms with Crippen LogP contribution in [0.25, 0.3) is 5.82 Å². The Balaban J connectivity index is 1.39. The van der Waals surface area contributed by atoms with Crippen molar-refractivity contribution in [2.45, 2.75) is 52.1 Å². The van der Waals surface area contributed by atoms with Gasteiger partial charge in [-0.25, -0.2) is 4.68 Å². The second-order valence-electron chi connectivity index (χ2n) is 6.69. The molecule has 0 amide bonds. The first-order valence-electron chi connectivity index (χ1n) is 8.84. The first kappa shape index (κ1) is 15.8. The summed E-state index contributed by atoms with van der Waals surface area (Å²) in [4.78, 5) is 0. The molecule has 0 radical (unpaired) electrons. The maximum atomic E-state index is 4.68. The number of nitrogens with one attached hydrogen (secondary N) is 1. The minimum Gasteiger partial charge on any atom is -0.363 e.